The fraction of sp³-hybridized carbons (Fsp3) is 0.923. The lowest BCUT2D eigenvalue weighted by molar-refractivity contribution is -0.140. The molecule has 2 saturated heterocycles. The molecule has 0 aromatic carbocycles. The number of nitrogens with one attached hydrogen (secondary N) is 1. The van der Waals surface area contributed by atoms with Gasteiger partial charge in [0.05, 0.1) is 12.1 Å². The Morgan fingerprint density at radius 2 is 2.00 bits per heavy atom. The predicted octanol–water partition coefficient (Wildman–Crippen LogP) is -0.345. The van der Waals surface area contributed by atoms with Crippen LogP contribution < -0.4 is 5.32 Å². The maximum absolute atomic E-state index is 12.5. The van der Waals surface area contributed by atoms with Crippen LogP contribution in [-0.4, -0.2) is 72.2 Å². The van der Waals surface area contributed by atoms with Crippen LogP contribution in [-0.2, 0) is 4.79 Å². The molecule has 5 heteroatoms. The molecule has 0 aromatic rings. The predicted molar refractivity (Wildman–Crippen MR) is 70.4 cm³/mol. The van der Waals surface area contributed by atoms with E-state index in [4.69, 9.17) is 5.11 Å². The van der Waals surface area contributed by atoms with E-state index in [0.29, 0.717) is 0 Å². The van der Waals surface area contributed by atoms with Crippen LogP contribution in [0.5, 0.6) is 0 Å². The lowest BCUT2D eigenvalue weighted by Crippen LogP contribution is -2.61. The molecule has 2 aliphatic rings. The van der Waals surface area contributed by atoms with E-state index in [0.717, 1.165) is 52.1 Å². The minimum Gasteiger partial charge on any atom is -0.395 e. The van der Waals surface area contributed by atoms with Crippen molar-refractivity contribution in [1.82, 2.24) is 15.1 Å². The molecule has 104 valence electrons. The molecule has 0 radical (unpaired) electrons. The number of aliphatic hydroxyl groups is 1. The second kappa shape index (κ2) is 5.99. The molecule has 2 fully saturated rings. The van der Waals surface area contributed by atoms with E-state index in [1.807, 2.05) is 11.8 Å². The maximum atomic E-state index is 12.5. The average molecular weight is 255 g/mol. The molecule has 0 spiro atoms. The number of nitrogens with zero attached hydrogens (tertiary/aromatic N) is 2. The molecule has 18 heavy (non-hydrogen) atoms. The van der Waals surface area contributed by atoms with Crippen LogP contribution in [0.4, 0.5) is 0 Å². The molecule has 0 aliphatic carbocycles. The summed E-state index contributed by atoms with van der Waals surface area (Å²) in [5.41, 5.74) is -0.350. The number of hydrogen-bond donors (Lipinski definition) is 2. The van der Waals surface area contributed by atoms with Gasteiger partial charge in [-0.25, -0.2) is 0 Å². The van der Waals surface area contributed by atoms with Crippen LogP contribution in [0.3, 0.4) is 0 Å². The molecule has 0 saturated carbocycles. The highest BCUT2D eigenvalue weighted by Gasteiger charge is 2.38. The molecular weight excluding hydrogens is 230 g/mol. The van der Waals surface area contributed by atoms with Gasteiger partial charge in [-0.2, -0.15) is 0 Å². The van der Waals surface area contributed by atoms with Gasteiger partial charge in [0.25, 0.3) is 0 Å². The summed E-state index contributed by atoms with van der Waals surface area (Å²) in [4.78, 5) is 16.7. The van der Waals surface area contributed by atoms with E-state index in [-0.39, 0.29) is 18.1 Å². The van der Waals surface area contributed by atoms with Crippen molar-refractivity contribution in [3.8, 4) is 0 Å². The maximum Gasteiger partial charge on any atom is 0.242 e. The van der Waals surface area contributed by atoms with E-state index in [1.54, 1.807) is 0 Å². The number of carbonyl (C=O) groups excluding carboxylic acids is 1. The van der Waals surface area contributed by atoms with Gasteiger partial charge in [0.15, 0.2) is 0 Å². The number of aliphatic hydroxyl groups excluding tert-OH is 1. The van der Waals surface area contributed by atoms with E-state index < -0.39 is 0 Å². The van der Waals surface area contributed by atoms with Crippen LogP contribution in [0.1, 0.15) is 26.2 Å². The summed E-state index contributed by atoms with van der Waals surface area (Å²) in [7, 11) is 0. The number of hydrogen-bond acceptors (Lipinski definition) is 4. The van der Waals surface area contributed by atoms with Gasteiger partial charge in [-0.05, 0) is 32.7 Å². The van der Waals surface area contributed by atoms with E-state index >= 15 is 0 Å². The van der Waals surface area contributed by atoms with Gasteiger partial charge in [0, 0.05) is 32.7 Å². The summed E-state index contributed by atoms with van der Waals surface area (Å²) < 4.78 is 0. The first kappa shape index (κ1) is 13.8. The van der Waals surface area contributed by atoms with Crippen molar-refractivity contribution in [2.24, 2.45) is 0 Å². The second-order valence-electron chi connectivity index (χ2n) is 5.57. The monoisotopic (exact) mass is 255 g/mol. The first-order valence-electron chi connectivity index (χ1n) is 7.03. The zero-order valence-corrected chi connectivity index (χ0v) is 11.3. The first-order valence-corrected chi connectivity index (χ1v) is 7.03. The number of rotatable bonds is 3. The fourth-order valence-corrected chi connectivity index (χ4v) is 2.90. The average Bonchev–Trinajstić information content (AvgIpc) is 2.40. The highest BCUT2D eigenvalue weighted by molar-refractivity contribution is 5.86. The SMILES string of the molecule is CC1(C(=O)N2CCN(CCO)CC2)CCCCN1. The highest BCUT2D eigenvalue weighted by Crippen LogP contribution is 2.21. The molecule has 1 atom stereocenters. The summed E-state index contributed by atoms with van der Waals surface area (Å²) >= 11 is 0. The third-order valence-corrected chi connectivity index (χ3v) is 4.17. The molecule has 1 unspecified atom stereocenters. The van der Waals surface area contributed by atoms with Crippen molar-refractivity contribution in [2.45, 2.75) is 31.7 Å². The van der Waals surface area contributed by atoms with Crippen LogP contribution in [0, 0.1) is 0 Å². The number of carbonyl (C=O) groups is 1. The van der Waals surface area contributed by atoms with Gasteiger partial charge in [0.2, 0.25) is 5.91 Å². The summed E-state index contributed by atoms with van der Waals surface area (Å²) in [5, 5.41) is 12.3. The lowest BCUT2D eigenvalue weighted by Gasteiger charge is -2.41. The van der Waals surface area contributed by atoms with E-state index in [9.17, 15) is 4.79 Å². The Labute approximate surface area is 109 Å². The first-order chi connectivity index (χ1) is 8.65. The van der Waals surface area contributed by atoms with Crippen molar-refractivity contribution >= 4 is 5.91 Å². The van der Waals surface area contributed by atoms with Crippen LogP contribution >= 0.6 is 0 Å². The Morgan fingerprint density at radius 3 is 2.56 bits per heavy atom. The summed E-state index contributed by atoms with van der Waals surface area (Å²) in [6.45, 7) is 7.24. The number of amides is 1. The van der Waals surface area contributed by atoms with E-state index in [2.05, 4.69) is 10.2 Å². The minimum absolute atomic E-state index is 0.202. The quantitative estimate of drug-likeness (QED) is 0.724. The number of piperidine rings is 1. The van der Waals surface area contributed by atoms with Crippen molar-refractivity contribution in [2.75, 3.05) is 45.9 Å². The highest BCUT2D eigenvalue weighted by atomic mass is 16.3. The van der Waals surface area contributed by atoms with Crippen molar-refractivity contribution in [3.05, 3.63) is 0 Å². The van der Waals surface area contributed by atoms with E-state index in [1.165, 1.54) is 6.42 Å². The molecule has 2 rings (SSSR count). The normalized spacial score (nSPS) is 30.4. The lowest BCUT2D eigenvalue weighted by atomic mass is 9.89. The molecule has 1 amide bonds. The number of β-amino-alcohol motifs (C(OH)–C–C–N with tert-alkyl or cyclic N) is 1. The van der Waals surface area contributed by atoms with Gasteiger partial charge >= 0.3 is 0 Å². The largest absolute Gasteiger partial charge is 0.395 e. The fourth-order valence-electron chi connectivity index (χ4n) is 2.90. The minimum atomic E-state index is -0.350. The number of piperazine rings is 1. The van der Waals surface area contributed by atoms with Crippen molar-refractivity contribution in [3.63, 3.8) is 0 Å². The molecule has 0 aromatic heterocycles. The smallest absolute Gasteiger partial charge is 0.242 e. The molecule has 5 nitrogen and oxygen atoms in total. The standard InChI is InChI=1S/C13H25N3O2/c1-13(4-2-3-5-14-13)12(18)16-8-6-15(7-9-16)10-11-17/h14,17H,2-11H2,1H3. The Morgan fingerprint density at radius 1 is 1.28 bits per heavy atom. The van der Waals surface area contributed by atoms with Gasteiger partial charge < -0.3 is 15.3 Å². The van der Waals surface area contributed by atoms with Gasteiger partial charge in [0.1, 0.15) is 0 Å². The Bertz CT molecular complexity index is 282. The zero-order chi connectivity index (χ0) is 13.0. The van der Waals surface area contributed by atoms with Gasteiger partial charge in [-0.1, -0.05) is 0 Å². The van der Waals surface area contributed by atoms with Crippen molar-refractivity contribution in [1.29, 1.82) is 0 Å². The molecule has 2 N–H and O–H groups in total. The Balaban J connectivity index is 1.86. The van der Waals surface area contributed by atoms with Crippen LogP contribution in [0.25, 0.3) is 0 Å². The van der Waals surface area contributed by atoms with Crippen molar-refractivity contribution < 1.29 is 9.90 Å². The summed E-state index contributed by atoms with van der Waals surface area (Å²) in [6.07, 6.45) is 3.26. The van der Waals surface area contributed by atoms with Gasteiger partial charge in [-0.15, -0.1) is 0 Å². The molecular formula is C13H25N3O2. The topological polar surface area (TPSA) is 55.8 Å². The van der Waals surface area contributed by atoms with Gasteiger partial charge in [-0.3, -0.25) is 9.69 Å². The molecule has 2 heterocycles. The van der Waals surface area contributed by atoms with Crippen LogP contribution in [0.2, 0.25) is 0 Å². The second-order valence-corrected chi connectivity index (χ2v) is 5.57. The third kappa shape index (κ3) is 3.02. The molecule has 0 bridgehead atoms. The Hall–Kier alpha value is -0.650. The third-order valence-electron chi connectivity index (χ3n) is 4.17. The van der Waals surface area contributed by atoms with Crippen LogP contribution in [0.15, 0.2) is 0 Å². The zero-order valence-electron chi connectivity index (χ0n) is 11.3. The Kier molecular flexibility index (Phi) is 4.59. The molecule has 2 aliphatic heterocycles. The summed E-state index contributed by atoms with van der Waals surface area (Å²) in [6, 6.07) is 0. The summed E-state index contributed by atoms with van der Waals surface area (Å²) in [5.74, 6) is 0.255.